The molecule has 0 saturated carbocycles. The number of carbonyl (C=O) groups is 1. The van der Waals surface area contributed by atoms with Crippen LogP contribution in [0.25, 0.3) is 5.69 Å². The lowest BCUT2D eigenvalue weighted by atomic mass is 10.1. The van der Waals surface area contributed by atoms with Crippen molar-refractivity contribution in [2.75, 3.05) is 6.61 Å². The number of carbonyl (C=O) groups excluding carboxylic acids is 1. The first kappa shape index (κ1) is 16.6. The second-order valence-corrected chi connectivity index (χ2v) is 6.23. The number of para-hydroxylation sites is 1. The van der Waals surface area contributed by atoms with E-state index in [0.717, 1.165) is 30.5 Å². The number of hydrogen-bond acceptors (Lipinski definition) is 3. The largest absolute Gasteiger partial charge is 0.396 e. The predicted molar refractivity (Wildman–Crippen MR) is 88.8 cm³/mol. The van der Waals surface area contributed by atoms with Gasteiger partial charge in [0, 0.05) is 23.9 Å². The van der Waals surface area contributed by atoms with E-state index in [1.165, 1.54) is 6.07 Å². The number of aliphatic hydroxyl groups excluding tert-OH is 1. The summed E-state index contributed by atoms with van der Waals surface area (Å²) in [5, 5.41) is 16.2. The van der Waals surface area contributed by atoms with Crippen molar-refractivity contribution in [3.05, 3.63) is 47.0 Å². The zero-order valence-electron chi connectivity index (χ0n) is 13.8. The fourth-order valence-corrected chi connectivity index (χ4v) is 3.20. The van der Waals surface area contributed by atoms with Gasteiger partial charge in [0.05, 0.1) is 0 Å². The molecule has 0 spiro atoms. The zero-order chi connectivity index (χ0) is 17.1. The van der Waals surface area contributed by atoms with Crippen LogP contribution in [0.4, 0.5) is 4.39 Å². The number of rotatable bonds is 6. The molecule has 0 radical (unpaired) electrons. The molecular weight excluding hydrogens is 309 g/mol. The molecule has 0 saturated heterocycles. The summed E-state index contributed by atoms with van der Waals surface area (Å²) in [6.07, 6.45) is 3.88. The molecular formula is C18H22FN3O2. The van der Waals surface area contributed by atoms with Crippen molar-refractivity contribution in [2.45, 2.75) is 45.1 Å². The number of halogens is 1. The Balaban J connectivity index is 1.89. The third-order valence-electron chi connectivity index (χ3n) is 4.40. The van der Waals surface area contributed by atoms with Gasteiger partial charge in [0.2, 0.25) is 0 Å². The summed E-state index contributed by atoms with van der Waals surface area (Å²) in [6, 6.07) is 6.43. The first-order valence-corrected chi connectivity index (χ1v) is 8.39. The SMILES string of the molecule is CC(CCCO)NC(=O)c1nn(-c2ccccc2F)c2c1CCC2. The molecule has 3 rings (SSSR count). The van der Waals surface area contributed by atoms with Gasteiger partial charge in [0.1, 0.15) is 11.5 Å². The number of aromatic nitrogens is 2. The average molecular weight is 331 g/mol. The minimum atomic E-state index is -0.349. The van der Waals surface area contributed by atoms with E-state index in [1.54, 1.807) is 22.9 Å². The molecule has 6 heteroatoms. The Hall–Kier alpha value is -2.21. The Morgan fingerprint density at radius 3 is 2.96 bits per heavy atom. The lowest BCUT2D eigenvalue weighted by Crippen LogP contribution is -2.33. The smallest absolute Gasteiger partial charge is 0.272 e. The van der Waals surface area contributed by atoms with E-state index < -0.39 is 0 Å². The molecule has 1 amide bonds. The Kier molecular flexibility index (Phi) is 4.94. The van der Waals surface area contributed by atoms with Crippen LogP contribution in [0.1, 0.15) is 47.9 Å². The van der Waals surface area contributed by atoms with Gasteiger partial charge in [-0.2, -0.15) is 5.10 Å². The van der Waals surface area contributed by atoms with Crippen molar-refractivity contribution in [3.63, 3.8) is 0 Å². The van der Waals surface area contributed by atoms with Crippen molar-refractivity contribution in [3.8, 4) is 5.69 Å². The molecule has 5 nitrogen and oxygen atoms in total. The minimum absolute atomic E-state index is 0.0414. The van der Waals surface area contributed by atoms with Crippen LogP contribution in [0.15, 0.2) is 24.3 Å². The van der Waals surface area contributed by atoms with E-state index in [4.69, 9.17) is 5.11 Å². The molecule has 128 valence electrons. The number of benzene rings is 1. The zero-order valence-corrected chi connectivity index (χ0v) is 13.8. The van der Waals surface area contributed by atoms with Crippen LogP contribution in [0.5, 0.6) is 0 Å². The van der Waals surface area contributed by atoms with Crippen LogP contribution >= 0.6 is 0 Å². The summed E-state index contributed by atoms with van der Waals surface area (Å²) in [7, 11) is 0. The maximum Gasteiger partial charge on any atom is 0.272 e. The molecule has 0 aliphatic heterocycles. The highest BCUT2D eigenvalue weighted by atomic mass is 19.1. The number of nitrogens with zero attached hydrogens (tertiary/aromatic N) is 2. The fraction of sp³-hybridized carbons (Fsp3) is 0.444. The molecule has 1 atom stereocenters. The molecule has 1 heterocycles. The molecule has 24 heavy (non-hydrogen) atoms. The molecule has 1 aromatic carbocycles. The summed E-state index contributed by atoms with van der Waals surface area (Å²) in [5.74, 6) is -0.577. The summed E-state index contributed by atoms with van der Waals surface area (Å²) in [4.78, 5) is 12.6. The van der Waals surface area contributed by atoms with Gasteiger partial charge in [-0.25, -0.2) is 9.07 Å². The van der Waals surface area contributed by atoms with Crippen LogP contribution in [-0.2, 0) is 12.8 Å². The van der Waals surface area contributed by atoms with Crippen molar-refractivity contribution in [2.24, 2.45) is 0 Å². The standard InChI is InChI=1S/C18H22FN3O2/c1-12(6-5-11-23)20-18(24)17-13-7-4-10-15(13)22(21-17)16-9-3-2-8-14(16)19/h2-3,8-9,12,23H,4-7,10-11H2,1H3,(H,20,24). The van der Waals surface area contributed by atoms with E-state index >= 15 is 0 Å². The highest BCUT2D eigenvalue weighted by Crippen LogP contribution is 2.28. The highest BCUT2D eigenvalue weighted by Gasteiger charge is 2.28. The van der Waals surface area contributed by atoms with Gasteiger partial charge in [-0.1, -0.05) is 12.1 Å². The topological polar surface area (TPSA) is 67.2 Å². The first-order chi connectivity index (χ1) is 11.6. The van der Waals surface area contributed by atoms with Gasteiger partial charge in [-0.15, -0.1) is 0 Å². The molecule has 1 aliphatic rings. The van der Waals surface area contributed by atoms with Crippen molar-refractivity contribution >= 4 is 5.91 Å². The van der Waals surface area contributed by atoms with Gasteiger partial charge < -0.3 is 10.4 Å². The highest BCUT2D eigenvalue weighted by molar-refractivity contribution is 5.94. The summed E-state index contributed by atoms with van der Waals surface area (Å²) >= 11 is 0. The van der Waals surface area contributed by atoms with E-state index in [2.05, 4.69) is 10.4 Å². The van der Waals surface area contributed by atoms with Gasteiger partial charge in [0.25, 0.3) is 5.91 Å². The third kappa shape index (κ3) is 3.19. The Morgan fingerprint density at radius 2 is 2.21 bits per heavy atom. The Labute approximate surface area is 140 Å². The molecule has 1 aromatic heterocycles. The number of amides is 1. The quantitative estimate of drug-likeness (QED) is 0.854. The van der Waals surface area contributed by atoms with Gasteiger partial charge >= 0.3 is 0 Å². The second kappa shape index (κ2) is 7.13. The van der Waals surface area contributed by atoms with E-state index in [9.17, 15) is 9.18 Å². The Morgan fingerprint density at radius 1 is 1.42 bits per heavy atom. The van der Waals surface area contributed by atoms with Crippen LogP contribution < -0.4 is 5.32 Å². The Bertz CT molecular complexity index is 742. The van der Waals surface area contributed by atoms with Gasteiger partial charge in [0.15, 0.2) is 5.69 Å². The van der Waals surface area contributed by atoms with Crippen LogP contribution in [-0.4, -0.2) is 33.4 Å². The predicted octanol–water partition coefficient (Wildman–Crippen LogP) is 2.39. The normalized spacial score (nSPS) is 14.5. The lowest BCUT2D eigenvalue weighted by molar-refractivity contribution is 0.0930. The lowest BCUT2D eigenvalue weighted by Gasteiger charge is -2.12. The molecule has 2 aromatic rings. The minimum Gasteiger partial charge on any atom is -0.396 e. The van der Waals surface area contributed by atoms with E-state index in [0.29, 0.717) is 24.2 Å². The fourth-order valence-electron chi connectivity index (χ4n) is 3.20. The molecule has 1 unspecified atom stereocenters. The average Bonchev–Trinajstić information content (AvgIpc) is 3.16. The van der Waals surface area contributed by atoms with E-state index in [-0.39, 0.29) is 24.4 Å². The number of aliphatic hydroxyl groups is 1. The maximum absolute atomic E-state index is 14.1. The first-order valence-electron chi connectivity index (χ1n) is 8.39. The molecule has 0 fully saturated rings. The summed E-state index contributed by atoms with van der Waals surface area (Å²) in [6.45, 7) is 2.01. The number of nitrogens with one attached hydrogen (secondary N) is 1. The van der Waals surface area contributed by atoms with E-state index in [1.807, 2.05) is 6.92 Å². The van der Waals surface area contributed by atoms with Crippen molar-refractivity contribution in [1.82, 2.24) is 15.1 Å². The van der Waals surface area contributed by atoms with Gasteiger partial charge in [-0.05, 0) is 51.2 Å². The second-order valence-electron chi connectivity index (χ2n) is 6.23. The van der Waals surface area contributed by atoms with Crippen molar-refractivity contribution in [1.29, 1.82) is 0 Å². The van der Waals surface area contributed by atoms with Crippen LogP contribution in [0, 0.1) is 5.82 Å². The third-order valence-corrected chi connectivity index (χ3v) is 4.40. The molecule has 0 bridgehead atoms. The van der Waals surface area contributed by atoms with Crippen molar-refractivity contribution < 1.29 is 14.3 Å². The monoisotopic (exact) mass is 331 g/mol. The molecule has 1 aliphatic carbocycles. The number of fused-ring (bicyclic) bond motifs is 1. The van der Waals surface area contributed by atoms with Crippen LogP contribution in [0.3, 0.4) is 0 Å². The number of hydrogen-bond donors (Lipinski definition) is 2. The molecule has 2 N–H and O–H groups in total. The van der Waals surface area contributed by atoms with Gasteiger partial charge in [-0.3, -0.25) is 4.79 Å². The summed E-state index contributed by atoms with van der Waals surface area (Å²) < 4.78 is 15.7. The maximum atomic E-state index is 14.1. The summed E-state index contributed by atoms with van der Waals surface area (Å²) in [5.41, 5.74) is 2.61. The van der Waals surface area contributed by atoms with Crippen LogP contribution in [0.2, 0.25) is 0 Å².